The van der Waals surface area contributed by atoms with Crippen LogP contribution >= 0.6 is 0 Å². The topological polar surface area (TPSA) is 209 Å². The summed E-state index contributed by atoms with van der Waals surface area (Å²) in [5.74, 6) is -3.28. The van der Waals surface area contributed by atoms with Crippen molar-refractivity contribution in [2.75, 3.05) is 39.5 Å². The second-order valence-electron chi connectivity index (χ2n) is 15.6. The molecule has 2 unspecified atom stereocenters. The lowest BCUT2D eigenvalue weighted by Gasteiger charge is -2.41. The number of unbranched alkanes of at least 4 members (excludes halogenated alkanes) is 2. The van der Waals surface area contributed by atoms with Crippen LogP contribution < -0.4 is 26.6 Å². The lowest BCUT2D eigenvalue weighted by atomic mass is 9.64. The summed E-state index contributed by atoms with van der Waals surface area (Å²) in [6, 6.07) is 7.92. The van der Waals surface area contributed by atoms with Gasteiger partial charge >= 0.3 is 0 Å². The van der Waals surface area contributed by atoms with Gasteiger partial charge in [-0.15, -0.1) is 0 Å². The summed E-state index contributed by atoms with van der Waals surface area (Å²) in [4.78, 5) is 102. The Hall–Kier alpha value is -4.66. The van der Waals surface area contributed by atoms with Gasteiger partial charge in [-0.05, 0) is 36.7 Å². The Balaban J connectivity index is 1.34. The molecule has 0 radical (unpaired) electrons. The van der Waals surface area contributed by atoms with E-state index < -0.39 is 41.6 Å². The smallest absolute Gasteiger partial charge is 0.243 e. The Kier molecular flexibility index (Phi) is 16.8. The first-order chi connectivity index (χ1) is 25.5. The van der Waals surface area contributed by atoms with Crippen LogP contribution in [0, 0.1) is 22.7 Å². The lowest BCUT2D eigenvalue weighted by molar-refractivity contribution is -0.143. The summed E-state index contributed by atoms with van der Waals surface area (Å²) in [5, 5.41) is 12.6. The number of likely N-dealkylation sites (tertiary alicyclic amines) is 1. The number of Topliss-reactive ketones (excluding diaryl/α,β-unsaturated/α-hetero) is 1. The molecule has 1 aromatic rings. The fourth-order valence-corrected chi connectivity index (χ4v) is 6.55. The van der Waals surface area contributed by atoms with E-state index in [1.54, 1.807) is 24.3 Å². The van der Waals surface area contributed by atoms with Gasteiger partial charge in [-0.3, -0.25) is 43.3 Å². The van der Waals surface area contributed by atoms with Crippen LogP contribution in [0.5, 0.6) is 0 Å². The van der Waals surface area contributed by atoms with E-state index in [4.69, 9.17) is 4.74 Å². The van der Waals surface area contributed by atoms with Gasteiger partial charge in [0.05, 0.1) is 37.6 Å². The molecule has 1 heterocycles. The number of carbonyl (C=O) groups excluding carboxylic acids is 8. The highest BCUT2D eigenvalue weighted by Crippen LogP contribution is 2.43. The number of ether oxygens (including phenoxy) is 1. The van der Waals surface area contributed by atoms with Gasteiger partial charge in [-0.2, -0.15) is 0 Å². The molecule has 2 aliphatic rings. The highest BCUT2D eigenvalue weighted by atomic mass is 16.5. The average molecular weight is 755 g/mol. The quantitative estimate of drug-likeness (QED) is 0.0660. The van der Waals surface area contributed by atoms with Crippen LogP contribution in [0.3, 0.4) is 0 Å². The molecular weight excluding hydrogens is 696 g/mol. The molecule has 1 aliphatic heterocycles. The minimum atomic E-state index is -1.05. The molecule has 0 aromatic heterocycles. The molecule has 2 fully saturated rings. The van der Waals surface area contributed by atoms with Crippen molar-refractivity contribution in [2.24, 2.45) is 22.7 Å². The molecular formula is C39H58N6O9. The highest BCUT2D eigenvalue weighted by Gasteiger charge is 2.45. The lowest BCUT2D eigenvalue weighted by Crippen LogP contribution is -2.52. The van der Waals surface area contributed by atoms with Gasteiger partial charge in [0, 0.05) is 31.7 Å². The second kappa shape index (κ2) is 20.7. The average Bonchev–Trinajstić information content (AvgIpc) is 3.40. The third-order valence-corrected chi connectivity index (χ3v) is 9.93. The van der Waals surface area contributed by atoms with Crippen molar-refractivity contribution in [1.82, 2.24) is 31.5 Å². The molecule has 15 nitrogen and oxygen atoms in total. The van der Waals surface area contributed by atoms with E-state index in [0.717, 1.165) is 24.8 Å². The van der Waals surface area contributed by atoms with E-state index in [-0.39, 0.29) is 86.4 Å². The molecule has 298 valence electrons. The number of nitrogens with one attached hydrogen (secondary N) is 5. The minimum absolute atomic E-state index is 0.0993. The Morgan fingerprint density at radius 3 is 2.07 bits per heavy atom. The van der Waals surface area contributed by atoms with Crippen molar-refractivity contribution >= 4 is 47.1 Å². The molecule has 0 bridgehead atoms. The standard InChI is InChI=1S/C39H58N6O9/c1-26(2)35(51)39(16-12-17-39)24-54-25-43-32(48)22-42-36(52)29(19-27-13-8-6-9-14-27)44-33(49)23-41-31(47)21-40-30(46)15-10-7-11-18-45-34(50)20-28(37(45)53)38(3,4)5/h6,8-9,13-14,26,28-29H,7,10-12,15-25H2,1-5H3,(H,40,46)(H,41,47)(H,42,52)(H,43,48)(H,44,49). The first-order valence-electron chi connectivity index (χ1n) is 18.9. The monoisotopic (exact) mass is 754 g/mol. The number of ketones is 1. The minimum Gasteiger partial charge on any atom is -0.360 e. The van der Waals surface area contributed by atoms with Gasteiger partial charge in [-0.1, -0.05) is 77.8 Å². The molecule has 1 aromatic carbocycles. The normalized spacial score (nSPS) is 17.0. The predicted octanol–water partition coefficient (Wildman–Crippen LogP) is 1.53. The van der Waals surface area contributed by atoms with Crippen LogP contribution in [0.25, 0.3) is 0 Å². The van der Waals surface area contributed by atoms with Crippen LogP contribution in [0.2, 0.25) is 0 Å². The first-order valence-corrected chi connectivity index (χ1v) is 18.9. The maximum absolute atomic E-state index is 13.1. The summed E-state index contributed by atoms with van der Waals surface area (Å²) >= 11 is 0. The summed E-state index contributed by atoms with van der Waals surface area (Å²) < 4.78 is 5.60. The molecule has 3 rings (SSSR count). The summed E-state index contributed by atoms with van der Waals surface area (Å²) in [6.45, 7) is 8.81. The Labute approximate surface area is 317 Å². The van der Waals surface area contributed by atoms with E-state index in [9.17, 15) is 38.4 Å². The molecule has 2 atom stereocenters. The largest absolute Gasteiger partial charge is 0.360 e. The molecule has 1 saturated heterocycles. The van der Waals surface area contributed by atoms with Crippen molar-refractivity contribution in [3.05, 3.63) is 35.9 Å². The van der Waals surface area contributed by atoms with Crippen molar-refractivity contribution in [3.8, 4) is 0 Å². The summed E-state index contributed by atoms with van der Waals surface area (Å²) in [7, 11) is 0. The maximum Gasteiger partial charge on any atom is 0.243 e. The van der Waals surface area contributed by atoms with Gasteiger partial charge in [0.1, 0.15) is 18.6 Å². The van der Waals surface area contributed by atoms with E-state index in [2.05, 4.69) is 26.6 Å². The number of rotatable bonds is 22. The molecule has 54 heavy (non-hydrogen) atoms. The van der Waals surface area contributed by atoms with Crippen LogP contribution in [0.1, 0.15) is 91.5 Å². The molecule has 7 amide bonds. The van der Waals surface area contributed by atoms with E-state index in [1.165, 1.54) is 4.90 Å². The number of nitrogens with zero attached hydrogens (tertiary/aromatic N) is 1. The zero-order chi connectivity index (χ0) is 39.9. The number of carbonyl (C=O) groups is 8. The molecule has 15 heteroatoms. The van der Waals surface area contributed by atoms with Crippen molar-refractivity contribution < 1.29 is 43.1 Å². The zero-order valence-electron chi connectivity index (χ0n) is 32.3. The van der Waals surface area contributed by atoms with Gasteiger partial charge in [-0.25, -0.2) is 0 Å². The highest BCUT2D eigenvalue weighted by molar-refractivity contribution is 6.03. The number of hydrogen-bond donors (Lipinski definition) is 5. The molecule has 1 saturated carbocycles. The van der Waals surface area contributed by atoms with Gasteiger partial charge < -0.3 is 31.3 Å². The maximum atomic E-state index is 13.1. The van der Waals surface area contributed by atoms with Gasteiger partial charge in [0.2, 0.25) is 41.4 Å². The molecule has 5 N–H and O–H groups in total. The van der Waals surface area contributed by atoms with Crippen LogP contribution in [-0.4, -0.2) is 97.6 Å². The second-order valence-corrected chi connectivity index (χ2v) is 15.6. The fraction of sp³-hybridized carbons (Fsp3) is 0.641. The van der Waals surface area contributed by atoms with Gasteiger partial charge in [0.25, 0.3) is 0 Å². The number of imide groups is 1. The molecule has 0 spiro atoms. The van der Waals surface area contributed by atoms with E-state index in [0.29, 0.717) is 25.8 Å². The van der Waals surface area contributed by atoms with Crippen LogP contribution in [0.4, 0.5) is 0 Å². The Bertz CT molecular complexity index is 1500. The SMILES string of the molecule is CC(C)C(=O)C1(COCNC(=O)CNC(=O)C(Cc2ccccc2)NC(=O)CNC(=O)CNC(=O)CCCCCN2C(=O)CC(C(C)(C)C)C2=O)CCC1. The van der Waals surface area contributed by atoms with Crippen molar-refractivity contribution in [3.63, 3.8) is 0 Å². The third-order valence-electron chi connectivity index (χ3n) is 9.93. The summed E-state index contributed by atoms with van der Waals surface area (Å²) in [6.07, 6.45) is 4.70. The van der Waals surface area contributed by atoms with E-state index >= 15 is 0 Å². The van der Waals surface area contributed by atoms with E-state index in [1.807, 2.05) is 40.7 Å². The number of hydrogen-bond acceptors (Lipinski definition) is 9. The van der Waals surface area contributed by atoms with Crippen molar-refractivity contribution in [2.45, 2.75) is 98.4 Å². The molecule has 1 aliphatic carbocycles. The van der Waals surface area contributed by atoms with Gasteiger partial charge in [0.15, 0.2) is 0 Å². The summed E-state index contributed by atoms with van der Waals surface area (Å²) in [5.41, 5.74) is -0.0221. The van der Waals surface area contributed by atoms with Crippen molar-refractivity contribution in [1.29, 1.82) is 0 Å². The fourth-order valence-electron chi connectivity index (χ4n) is 6.55. The van der Waals surface area contributed by atoms with Crippen LogP contribution in [-0.2, 0) is 49.5 Å². The zero-order valence-corrected chi connectivity index (χ0v) is 32.3. The van der Waals surface area contributed by atoms with Crippen LogP contribution in [0.15, 0.2) is 30.3 Å². The Morgan fingerprint density at radius 2 is 1.46 bits per heavy atom. The Morgan fingerprint density at radius 1 is 0.833 bits per heavy atom. The third kappa shape index (κ3) is 13.6. The predicted molar refractivity (Wildman–Crippen MR) is 199 cm³/mol. The number of benzene rings is 1. The first kappa shape index (κ1) is 43.7. The number of amides is 7.